The van der Waals surface area contributed by atoms with Crippen LogP contribution in [0, 0.1) is 0 Å². The van der Waals surface area contributed by atoms with Gasteiger partial charge in [0, 0.05) is 5.56 Å². The maximum Gasteiger partial charge on any atom is 0.186 e. The van der Waals surface area contributed by atoms with E-state index in [9.17, 15) is 14.1 Å². The number of phenolic OH excluding ortho intramolecular Hbond substituents is 1. The number of benzene rings is 2. The highest BCUT2D eigenvalue weighted by Crippen LogP contribution is 2.32. The number of rotatable bonds is 6. The largest absolute Gasteiger partial charge is 0.507 e. The molecule has 2 aromatic carbocycles. The minimum absolute atomic E-state index is 0.0384. The van der Waals surface area contributed by atoms with Gasteiger partial charge in [-0.25, -0.2) is 4.21 Å². The third-order valence-electron chi connectivity index (χ3n) is 3.49. The highest BCUT2D eigenvalue weighted by Gasteiger charge is 2.15. The first kappa shape index (κ1) is 17.2. The molecule has 5 nitrogen and oxygen atoms in total. The van der Waals surface area contributed by atoms with Crippen molar-refractivity contribution in [2.45, 2.75) is 31.8 Å². The molecule has 0 aliphatic rings. The van der Waals surface area contributed by atoms with Crippen molar-refractivity contribution in [2.24, 2.45) is 0 Å². The normalized spacial score (nSPS) is 12.0. The van der Waals surface area contributed by atoms with Crippen molar-refractivity contribution < 1.29 is 23.4 Å². The summed E-state index contributed by atoms with van der Waals surface area (Å²) in [5.74, 6) is 0.282. The fourth-order valence-electron chi connectivity index (χ4n) is 2.24. The monoisotopic (exact) mass is 334 g/mol. The van der Waals surface area contributed by atoms with E-state index >= 15 is 0 Å². The van der Waals surface area contributed by atoms with Crippen molar-refractivity contribution in [2.75, 3.05) is 0 Å². The zero-order chi connectivity index (χ0) is 17.0. The van der Waals surface area contributed by atoms with Crippen molar-refractivity contribution in [3.8, 4) is 11.5 Å². The fraction of sp³-hybridized carbons (Fsp3) is 0.235. The third kappa shape index (κ3) is 3.97. The zero-order valence-corrected chi connectivity index (χ0v) is 13.7. The number of ether oxygens (including phenoxy) is 1. The van der Waals surface area contributed by atoms with Crippen LogP contribution in [0.4, 0.5) is 0 Å². The Hall–Kier alpha value is -2.18. The number of hydrogen-bond acceptors (Lipinski definition) is 4. The molecule has 6 heteroatoms. The number of carbonyl (C=O) groups excluding carboxylic acids is 1. The molecule has 23 heavy (non-hydrogen) atoms. The van der Waals surface area contributed by atoms with E-state index in [2.05, 4.69) is 0 Å². The van der Waals surface area contributed by atoms with Gasteiger partial charge in [-0.1, -0.05) is 19.1 Å². The second-order valence-electron chi connectivity index (χ2n) is 5.03. The van der Waals surface area contributed by atoms with Gasteiger partial charge in [-0.15, -0.1) is 0 Å². The number of aromatic hydroxyl groups is 1. The lowest BCUT2D eigenvalue weighted by molar-refractivity contribution is 0.101. The Kier molecular flexibility index (Phi) is 5.52. The van der Waals surface area contributed by atoms with Crippen LogP contribution >= 0.6 is 0 Å². The maximum atomic E-state index is 11.5. The van der Waals surface area contributed by atoms with Crippen LogP contribution in [0.3, 0.4) is 0 Å². The number of carbonyl (C=O) groups is 1. The van der Waals surface area contributed by atoms with Gasteiger partial charge in [0.1, 0.15) is 18.1 Å². The van der Waals surface area contributed by atoms with Crippen LogP contribution in [0.1, 0.15) is 35.3 Å². The molecule has 1 atom stereocenters. The molecule has 1 unspecified atom stereocenters. The van der Waals surface area contributed by atoms with E-state index in [0.717, 1.165) is 5.56 Å². The molecule has 2 rings (SSSR count). The van der Waals surface area contributed by atoms with Crippen molar-refractivity contribution in [1.29, 1.82) is 0 Å². The first-order valence-electron chi connectivity index (χ1n) is 7.12. The quantitative estimate of drug-likeness (QED) is 0.625. The summed E-state index contributed by atoms with van der Waals surface area (Å²) in [6.07, 6.45) is 0.532. The number of ketones is 1. The van der Waals surface area contributed by atoms with E-state index in [1.807, 2.05) is 6.92 Å². The van der Waals surface area contributed by atoms with Gasteiger partial charge in [0.2, 0.25) is 0 Å². The third-order valence-corrected chi connectivity index (χ3v) is 4.17. The van der Waals surface area contributed by atoms with E-state index in [1.165, 1.54) is 6.92 Å². The highest BCUT2D eigenvalue weighted by atomic mass is 32.2. The van der Waals surface area contributed by atoms with E-state index in [0.29, 0.717) is 22.6 Å². The Labute approximate surface area is 137 Å². The minimum Gasteiger partial charge on any atom is -0.507 e. The smallest absolute Gasteiger partial charge is 0.186 e. The standard InChI is InChI=1S/C17H18O5S/c1-3-14-16(9-8-15(11(2)18)17(14)19)22-10-12-4-6-13(7-5-12)23(20)21/h4-9,19H,3,10H2,1-2H3,(H,20,21). The second-order valence-corrected chi connectivity index (χ2v) is 6.00. The number of hydrogen-bond donors (Lipinski definition) is 2. The summed E-state index contributed by atoms with van der Waals surface area (Å²) in [5.41, 5.74) is 1.70. The fourth-order valence-corrected chi connectivity index (χ4v) is 2.61. The van der Waals surface area contributed by atoms with Gasteiger partial charge < -0.3 is 14.4 Å². The van der Waals surface area contributed by atoms with E-state index < -0.39 is 11.1 Å². The van der Waals surface area contributed by atoms with Crippen molar-refractivity contribution >= 4 is 16.9 Å². The molecule has 0 saturated heterocycles. The molecule has 0 aliphatic heterocycles. The summed E-state index contributed by atoms with van der Waals surface area (Å²) in [6.45, 7) is 3.53. The van der Waals surface area contributed by atoms with Gasteiger partial charge in [-0.05, 0) is 43.2 Å². The molecule has 0 amide bonds. The van der Waals surface area contributed by atoms with Crippen LogP contribution in [0.5, 0.6) is 11.5 Å². The molecule has 0 radical (unpaired) electrons. The molecule has 0 fully saturated rings. The van der Waals surface area contributed by atoms with Crippen LogP contribution in [0.2, 0.25) is 0 Å². The first-order chi connectivity index (χ1) is 10.9. The van der Waals surface area contributed by atoms with Crippen molar-refractivity contribution in [3.63, 3.8) is 0 Å². The molecule has 0 spiro atoms. The molecular formula is C17H18O5S. The van der Waals surface area contributed by atoms with Crippen LogP contribution in [-0.4, -0.2) is 19.7 Å². The highest BCUT2D eigenvalue weighted by molar-refractivity contribution is 7.79. The summed E-state index contributed by atoms with van der Waals surface area (Å²) in [6, 6.07) is 9.76. The zero-order valence-electron chi connectivity index (χ0n) is 12.9. The van der Waals surface area contributed by atoms with Crippen molar-refractivity contribution in [1.82, 2.24) is 0 Å². The molecule has 0 aromatic heterocycles. The van der Waals surface area contributed by atoms with Crippen LogP contribution in [-0.2, 0) is 24.1 Å². The summed E-state index contributed by atoms with van der Waals surface area (Å²) in [4.78, 5) is 11.8. The second kappa shape index (κ2) is 7.39. The summed E-state index contributed by atoms with van der Waals surface area (Å²) in [5, 5.41) is 10.2. The Bertz CT molecular complexity index is 737. The van der Waals surface area contributed by atoms with Crippen LogP contribution in [0.25, 0.3) is 0 Å². The SMILES string of the molecule is CCc1c(OCc2ccc(S(=O)O)cc2)ccc(C(C)=O)c1O. The molecule has 122 valence electrons. The number of phenols is 1. The Morgan fingerprint density at radius 2 is 1.83 bits per heavy atom. The van der Waals surface area contributed by atoms with Gasteiger partial charge in [0.05, 0.1) is 10.5 Å². The molecule has 2 N–H and O–H groups in total. The lowest BCUT2D eigenvalue weighted by atomic mass is 10.0. The molecule has 0 bridgehead atoms. The Morgan fingerprint density at radius 1 is 1.17 bits per heavy atom. The van der Waals surface area contributed by atoms with Gasteiger partial charge in [0.15, 0.2) is 16.9 Å². The topological polar surface area (TPSA) is 83.8 Å². The van der Waals surface area contributed by atoms with Gasteiger partial charge >= 0.3 is 0 Å². The van der Waals surface area contributed by atoms with E-state index in [4.69, 9.17) is 9.29 Å². The summed E-state index contributed by atoms with van der Waals surface area (Å²) < 4.78 is 25.6. The maximum absolute atomic E-state index is 11.5. The van der Waals surface area contributed by atoms with Crippen molar-refractivity contribution in [3.05, 3.63) is 53.1 Å². The molecule has 0 saturated carbocycles. The van der Waals surface area contributed by atoms with Gasteiger partial charge in [-0.2, -0.15) is 0 Å². The molecular weight excluding hydrogens is 316 g/mol. The van der Waals surface area contributed by atoms with E-state index in [-0.39, 0.29) is 23.7 Å². The Morgan fingerprint density at radius 3 is 2.35 bits per heavy atom. The Balaban J connectivity index is 2.18. The lowest BCUT2D eigenvalue weighted by Gasteiger charge is -2.14. The summed E-state index contributed by atoms with van der Waals surface area (Å²) in [7, 11) is 0. The van der Waals surface area contributed by atoms with Gasteiger partial charge in [-0.3, -0.25) is 4.79 Å². The minimum atomic E-state index is -2.00. The first-order valence-corrected chi connectivity index (χ1v) is 8.23. The average molecular weight is 334 g/mol. The van der Waals surface area contributed by atoms with E-state index in [1.54, 1.807) is 36.4 Å². The van der Waals surface area contributed by atoms with Gasteiger partial charge in [0.25, 0.3) is 0 Å². The average Bonchev–Trinajstić information content (AvgIpc) is 2.52. The number of Topliss-reactive ketones (excluding diaryl/α,β-unsaturated/α-hetero) is 1. The van der Waals surface area contributed by atoms with Crippen LogP contribution < -0.4 is 4.74 Å². The van der Waals surface area contributed by atoms with Crippen LogP contribution in [0.15, 0.2) is 41.3 Å². The molecule has 2 aromatic rings. The predicted octanol–water partition coefficient (Wildman–Crippen LogP) is 3.32. The summed E-state index contributed by atoms with van der Waals surface area (Å²) >= 11 is -2.00. The molecule has 0 heterocycles. The predicted molar refractivity (Wildman–Crippen MR) is 87.3 cm³/mol. The molecule has 0 aliphatic carbocycles. The lowest BCUT2D eigenvalue weighted by Crippen LogP contribution is -2.02.